The Morgan fingerprint density at radius 1 is 0.451 bits per heavy atom. The van der Waals surface area contributed by atoms with Crippen LogP contribution >= 0.6 is 0 Å². The van der Waals surface area contributed by atoms with Gasteiger partial charge < -0.3 is 63.8 Å². The van der Waals surface area contributed by atoms with E-state index in [9.17, 15) is 120 Å². The van der Waals surface area contributed by atoms with Crippen LogP contribution in [0.2, 0.25) is 0 Å². The molecule has 0 saturated carbocycles. The van der Waals surface area contributed by atoms with Gasteiger partial charge in [-0.05, 0) is 87.8 Å². The molecule has 0 aliphatic rings. The molecule has 0 spiro atoms. The van der Waals surface area contributed by atoms with Crippen molar-refractivity contribution in [2.24, 2.45) is 0 Å². The molecule has 0 rings (SSSR count). The molecule has 0 amide bonds. The van der Waals surface area contributed by atoms with Crippen molar-refractivity contribution in [2.45, 2.75) is 108 Å². The number of halogens is 23. The van der Waals surface area contributed by atoms with E-state index < -0.39 is 110 Å². The van der Waals surface area contributed by atoms with Gasteiger partial charge in [-0.3, -0.25) is 9.59 Å². The Hall–Kier alpha value is -9.19. The lowest BCUT2D eigenvalue weighted by Gasteiger charge is -2.08. The third kappa shape index (κ3) is 348. The smallest absolute Gasteiger partial charge is 0.420 e. The molecule has 0 radical (unpaired) electrons. The van der Waals surface area contributed by atoms with Gasteiger partial charge in [-0.25, -0.2) is 22.8 Å². The van der Waals surface area contributed by atoms with Crippen LogP contribution in [-0.2, 0) is 66.5 Å². The molecule has 0 aromatic heterocycles. The zero-order valence-electron chi connectivity index (χ0n) is 68.1. The number of hydrogen-bond donors (Lipinski definition) is 0. The van der Waals surface area contributed by atoms with Crippen LogP contribution in [0.5, 0.6) is 0 Å². The highest BCUT2D eigenvalue weighted by Gasteiger charge is 2.37. The Labute approximate surface area is 653 Å². The molecular formula is C73H123F23O17. The second kappa shape index (κ2) is 148. The molecule has 0 aromatic carbocycles. The molecule has 40 heteroatoms. The van der Waals surface area contributed by atoms with E-state index >= 15 is 0 Å². The number of alkyl halides is 10. The third-order valence-corrected chi connectivity index (χ3v) is 5.53. The molecule has 0 atom stereocenters. The van der Waals surface area contributed by atoms with Gasteiger partial charge >= 0.3 is 48.6 Å². The molecule has 0 saturated heterocycles. The maximum atomic E-state index is 11.6. The van der Waals surface area contributed by atoms with Crippen LogP contribution in [0.4, 0.5) is 101 Å². The average molecular weight is 1710 g/mol. The Morgan fingerprint density at radius 2 is 0.752 bits per heavy atom. The van der Waals surface area contributed by atoms with E-state index in [1.165, 1.54) is 79.3 Å². The van der Waals surface area contributed by atoms with Crippen molar-refractivity contribution in [3.63, 3.8) is 0 Å². The van der Waals surface area contributed by atoms with Crippen LogP contribution in [0.1, 0.15) is 89.5 Å². The van der Waals surface area contributed by atoms with Gasteiger partial charge in [0.05, 0.1) is 73.0 Å². The van der Waals surface area contributed by atoms with Gasteiger partial charge in [-0.15, -0.1) is 39.5 Å². The van der Waals surface area contributed by atoms with Crippen LogP contribution in [0, 0.1) is 0 Å². The molecule has 0 heterocycles. The molecule has 678 valence electrons. The second-order valence-corrected chi connectivity index (χ2v) is 16.3. The van der Waals surface area contributed by atoms with Gasteiger partial charge in [0, 0.05) is 54.1 Å². The number of carbonyl (C=O) groups excluding carboxylic acids is 4. The van der Waals surface area contributed by atoms with Crippen LogP contribution in [0.25, 0.3) is 0 Å². The first-order valence-electron chi connectivity index (χ1n) is 29.0. The number of hydrogen-bond acceptors (Lipinski definition) is 14. The predicted octanol–water partition coefficient (Wildman–Crippen LogP) is 23.3. The number of methoxy groups -OCH3 is 9. The maximum absolute atomic E-state index is 11.6. The summed E-state index contributed by atoms with van der Waals surface area (Å²) < 4.78 is 295. The Kier molecular flexibility index (Phi) is 220. The maximum Gasteiger partial charge on any atom is 0.420 e. The van der Waals surface area contributed by atoms with Crippen molar-refractivity contribution in [3.05, 3.63) is 236 Å². The van der Waals surface area contributed by atoms with Crippen molar-refractivity contribution in [1.29, 1.82) is 0 Å². The number of esters is 3. The second-order valence-electron chi connectivity index (χ2n) is 16.3. The molecule has 113 heavy (non-hydrogen) atoms. The van der Waals surface area contributed by atoms with E-state index in [4.69, 9.17) is 4.74 Å². The monoisotopic (exact) mass is 1710 g/mol. The van der Waals surface area contributed by atoms with Crippen molar-refractivity contribution in [1.82, 2.24) is 0 Å². The summed E-state index contributed by atoms with van der Waals surface area (Å²) in [4.78, 5) is 39.3. The molecule has 0 unspecified atom stereocenters. The van der Waals surface area contributed by atoms with Crippen molar-refractivity contribution >= 4 is 23.7 Å². The third-order valence-electron chi connectivity index (χ3n) is 5.53. The lowest BCUT2D eigenvalue weighted by Crippen LogP contribution is -2.16. The average Bonchev–Trinajstić information content (AvgIpc) is 0.893. The van der Waals surface area contributed by atoms with Crippen molar-refractivity contribution in [3.8, 4) is 0 Å². The van der Waals surface area contributed by atoms with E-state index in [1.54, 1.807) is 52.6 Å². The zero-order valence-corrected chi connectivity index (χ0v) is 68.1. The van der Waals surface area contributed by atoms with Gasteiger partial charge in [0.25, 0.3) is 24.1 Å². The van der Waals surface area contributed by atoms with E-state index in [-0.39, 0.29) is 28.2 Å². The fourth-order valence-electron chi connectivity index (χ4n) is 1.52. The van der Waals surface area contributed by atoms with Gasteiger partial charge in [-0.2, -0.15) is 87.8 Å². The number of allylic oxidation sites excluding steroid dienone is 9. The summed E-state index contributed by atoms with van der Waals surface area (Å²) >= 11 is 0. The molecular weight excluding hydrogens is 1590 g/mol. The zero-order chi connectivity index (χ0) is 93.1. The molecule has 6 N–H and O–H groups in total. The largest absolute Gasteiger partial charge is 0.505 e. The van der Waals surface area contributed by atoms with Crippen molar-refractivity contribution < 1.29 is 184 Å². The summed E-state index contributed by atoms with van der Waals surface area (Å²) in [6.07, 6.45) is -7.22. The van der Waals surface area contributed by atoms with Crippen molar-refractivity contribution in [2.75, 3.05) is 104 Å². The lowest BCUT2D eigenvalue weighted by molar-refractivity contribution is -0.140. The number of ether oxygens (including phenoxy) is 10. The quantitative estimate of drug-likeness (QED) is 0.0328. The van der Waals surface area contributed by atoms with Gasteiger partial charge in [-0.1, -0.05) is 107 Å². The predicted molar refractivity (Wildman–Crippen MR) is 406 cm³/mol. The summed E-state index contributed by atoms with van der Waals surface area (Å²) in [5, 5.41) is 0. The highest BCUT2D eigenvalue weighted by molar-refractivity contribution is 5.86. The van der Waals surface area contributed by atoms with Gasteiger partial charge in [0.2, 0.25) is 0 Å². The minimum absolute atomic E-state index is 0. The molecule has 0 aromatic rings. The number of carbonyl (C=O) groups is 4. The fourth-order valence-corrected chi connectivity index (χ4v) is 1.52. The fraction of sp³-hybridized carbons (Fsp3) is 0.425. The molecule has 0 bridgehead atoms. The first-order valence-corrected chi connectivity index (χ1v) is 29.0. The standard InChI is InChI=1S/C5H5F5O.C5H7F3O.C5H8O2.C5H10O.C4H3F3O2.C4H5F3.C4H6O2.C4H8O.C4H6O.2C4H8.C3H4F2O.C3H4F2.C3H5F.C3H6O.3C3H6.C2HF3.C2H5FO.3H2O/c1-11-2-3(4(6)7)5(8,9)10;1-4(3-9-2)5(6,7)8;1-3-4-7-5(2)6;1-5(2)4-6-3;1-9-4(8)2(5)3(6)7;1-3(2)4(5,6)7;1-3-4(5)6-2;1-3-4-5-2;1-3-4(2)5;1-4(2)3;1-3-4-2;1-6-2-3(4)5;1-2-3(4)5;1-2-3-4;1-3-4-2;3*1-3-2;3-1-2(4)5;1-4-2-3;;;/h2H2,1H3;1,3H2,2H3;3H,1,4H2,2H3;1,4H2,2-3H3;1H3;1H2,2H3;3H,1H2,2H3;3H,1,4H2,2H3;3H,1H2,2H3;1H2,2-3H3;3H,1,4H2,2H3;2H,1H3;2H,1H3;2-3H,1H3;3H,1H2,2H3;3*3H,1H2,2H3;1H;2H2,1H3;3*1H2. The van der Waals surface area contributed by atoms with E-state index in [2.05, 4.69) is 135 Å². The Bertz CT molecular complexity index is 2320. The topological polar surface area (TPSA) is 255 Å². The first kappa shape index (κ1) is 168. The van der Waals surface area contributed by atoms with Crippen LogP contribution < -0.4 is 0 Å². The summed E-state index contributed by atoms with van der Waals surface area (Å²) in [5.74, 6) is -4.44. The SMILES string of the molecule is C=C(C)C.C=C(C)C(F)(F)F.C=C(C)COC.C=C(COC)C(F)(F)F.C=CC.C=CC.C=CC.C=CC(=O)OC.C=CC(C)=O.C=CCC.C=CCOC.C=CCOC(C)=O.C=COC.CC=C(F)F.CC=CF.COC(=O)C(F)=C(F)F.COC=C(F)F.COCC(=C(F)F)C(F)(F)F.COCF.FC=C(F)F.O.O.O. The highest BCUT2D eigenvalue weighted by atomic mass is 19.4. The van der Waals surface area contributed by atoms with Gasteiger partial charge in [0.15, 0.2) is 19.0 Å². The number of ketones is 1. The minimum Gasteiger partial charge on any atom is -0.505 e. The Balaban J connectivity index is -0.0000000362. The molecule has 17 nitrogen and oxygen atoms in total. The van der Waals surface area contributed by atoms with Crippen LogP contribution in [-0.4, -0.2) is 163 Å². The van der Waals surface area contributed by atoms with Crippen LogP contribution in [0.3, 0.4) is 0 Å². The summed E-state index contributed by atoms with van der Waals surface area (Å²) in [6.45, 7) is 62.3. The normalized spacial score (nSPS) is 7.89. The summed E-state index contributed by atoms with van der Waals surface area (Å²) in [5.41, 5.74) is -1.31. The minimum atomic E-state index is -5.01. The summed E-state index contributed by atoms with van der Waals surface area (Å²) in [6, 6.07) is 0. The highest BCUT2D eigenvalue weighted by Crippen LogP contribution is 2.29. The Morgan fingerprint density at radius 3 is 0.788 bits per heavy atom. The van der Waals surface area contributed by atoms with E-state index in [0.717, 1.165) is 45.3 Å². The van der Waals surface area contributed by atoms with Gasteiger partial charge in [0.1, 0.15) is 18.4 Å². The number of rotatable bonds is 17. The lowest BCUT2D eigenvalue weighted by atomic mass is 10.3. The van der Waals surface area contributed by atoms with E-state index in [1.807, 2.05) is 47.6 Å². The summed E-state index contributed by atoms with van der Waals surface area (Å²) in [7, 11) is 11.6. The molecule has 0 aliphatic heterocycles. The van der Waals surface area contributed by atoms with E-state index in [0.29, 0.717) is 32.4 Å². The van der Waals surface area contributed by atoms with Crippen LogP contribution in [0.15, 0.2) is 236 Å². The molecule has 0 fully saturated rings. The first-order chi connectivity index (χ1) is 50.4. The molecule has 0 aliphatic carbocycles.